The van der Waals surface area contributed by atoms with Crippen molar-refractivity contribution in [3.8, 4) is 0 Å². The highest BCUT2D eigenvalue weighted by atomic mass is 19.1. The average molecular weight is 131 g/mol. The smallest absolute Gasteiger partial charge is 0.102 e. The van der Waals surface area contributed by atoms with Crippen LogP contribution in [0.25, 0.3) is 0 Å². The van der Waals surface area contributed by atoms with Gasteiger partial charge in [-0.1, -0.05) is 6.92 Å². The molecule has 1 rings (SSSR count). The fourth-order valence-corrected chi connectivity index (χ4v) is 1.06. The van der Waals surface area contributed by atoms with E-state index in [0.717, 1.165) is 12.8 Å². The van der Waals surface area contributed by atoms with Gasteiger partial charge in [-0.05, 0) is 19.8 Å². The lowest BCUT2D eigenvalue weighted by atomic mass is 9.96. The monoisotopic (exact) mass is 131 g/mol. The van der Waals surface area contributed by atoms with Crippen LogP contribution in [-0.4, -0.2) is 11.7 Å². The van der Waals surface area contributed by atoms with E-state index in [4.69, 9.17) is 5.73 Å². The lowest BCUT2D eigenvalue weighted by molar-refractivity contribution is 0.224. The molecule has 1 nitrogen and oxygen atoms in total. The topological polar surface area (TPSA) is 26.0 Å². The van der Waals surface area contributed by atoms with Crippen molar-refractivity contribution in [1.29, 1.82) is 0 Å². The van der Waals surface area contributed by atoms with Gasteiger partial charge in [0.15, 0.2) is 0 Å². The van der Waals surface area contributed by atoms with Crippen molar-refractivity contribution >= 4 is 0 Å². The van der Waals surface area contributed by atoms with Crippen LogP contribution in [0.1, 0.15) is 26.7 Å². The van der Waals surface area contributed by atoms with Crippen LogP contribution in [0.5, 0.6) is 0 Å². The van der Waals surface area contributed by atoms with E-state index in [0.29, 0.717) is 0 Å². The Hall–Kier alpha value is -0.110. The van der Waals surface area contributed by atoms with Crippen molar-refractivity contribution in [2.75, 3.05) is 0 Å². The molecule has 0 heterocycles. The molecule has 1 aliphatic carbocycles. The van der Waals surface area contributed by atoms with Gasteiger partial charge >= 0.3 is 0 Å². The molecule has 54 valence electrons. The minimum absolute atomic E-state index is 0.0394. The molecule has 0 bridgehead atoms. The van der Waals surface area contributed by atoms with Crippen LogP contribution in [0.15, 0.2) is 0 Å². The van der Waals surface area contributed by atoms with Crippen LogP contribution >= 0.6 is 0 Å². The van der Waals surface area contributed by atoms with Gasteiger partial charge in [-0.3, -0.25) is 0 Å². The Balaban J connectivity index is 2.42. The van der Waals surface area contributed by atoms with E-state index in [9.17, 15) is 4.39 Å². The molecule has 0 amide bonds. The largest absolute Gasteiger partial charge is 0.325 e. The summed E-state index contributed by atoms with van der Waals surface area (Å²) in [6, 6.07) is 0. The number of halogens is 1. The Kier molecular flexibility index (Phi) is 1.51. The second kappa shape index (κ2) is 1.94. The van der Waals surface area contributed by atoms with Crippen LogP contribution in [-0.2, 0) is 0 Å². The van der Waals surface area contributed by atoms with Gasteiger partial charge in [0.25, 0.3) is 0 Å². The van der Waals surface area contributed by atoms with E-state index in [1.165, 1.54) is 0 Å². The average Bonchev–Trinajstić information content (AvgIpc) is 2.47. The second-order valence-corrected chi connectivity index (χ2v) is 3.20. The predicted molar refractivity (Wildman–Crippen MR) is 35.9 cm³/mol. The summed E-state index contributed by atoms with van der Waals surface area (Å²) in [5.41, 5.74) is 5.61. The Labute approximate surface area is 55.4 Å². The summed E-state index contributed by atoms with van der Waals surface area (Å²) in [7, 11) is 0. The summed E-state index contributed by atoms with van der Waals surface area (Å²) < 4.78 is 12.6. The van der Waals surface area contributed by atoms with Crippen LogP contribution in [0.2, 0.25) is 0 Å². The quantitative estimate of drug-likeness (QED) is 0.603. The van der Waals surface area contributed by atoms with E-state index < -0.39 is 6.17 Å². The maximum atomic E-state index is 12.6. The van der Waals surface area contributed by atoms with Crippen molar-refractivity contribution in [3.05, 3.63) is 0 Å². The molecule has 0 saturated heterocycles. The van der Waals surface area contributed by atoms with Gasteiger partial charge in [-0.2, -0.15) is 0 Å². The zero-order valence-corrected chi connectivity index (χ0v) is 6.02. The van der Waals surface area contributed by atoms with Gasteiger partial charge < -0.3 is 5.73 Å². The molecular formula is C7H14FN. The standard InChI is InChI=1S/C7H14FN/c1-5(6(2)8)7(9)3-4-7/h5-6H,3-4,9H2,1-2H3. The van der Waals surface area contributed by atoms with Crippen molar-refractivity contribution in [2.24, 2.45) is 11.7 Å². The molecule has 0 aromatic heterocycles. The van der Waals surface area contributed by atoms with Gasteiger partial charge in [-0.15, -0.1) is 0 Å². The highest BCUT2D eigenvalue weighted by Crippen LogP contribution is 2.41. The fraction of sp³-hybridized carbons (Fsp3) is 1.00. The van der Waals surface area contributed by atoms with E-state index in [2.05, 4.69) is 0 Å². The number of alkyl halides is 1. The second-order valence-electron chi connectivity index (χ2n) is 3.20. The first-order valence-electron chi connectivity index (χ1n) is 3.49. The van der Waals surface area contributed by atoms with E-state index in [1.807, 2.05) is 6.92 Å². The summed E-state index contributed by atoms with van der Waals surface area (Å²) >= 11 is 0. The number of rotatable bonds is 2. The Bertz CT molecular complexity index is 107. The van der Waals surface area contributed by atoms with Gasteiger partial charge in [0.05, 0.1) is 0 Å². The van der Waals surface area contributed by atoms with Crippen molar-refractivity contribution in [2.45, 2.75) is 38.4 Å². The Morgan fingerprint density at radius 2 is 1.89 bits per heavy atom. The molecule has 0 aromatic carbocycles. The minimum Gasteiger partial charge on any atom is -0.325 e. The zero-order chi connectivity index (χ0) is 7.07. The molecular weight excluding hydrogens is 117 g/mol. The third-order valence-electron chi connectivity index (χ3n) is 2.42. The molecule has 0 aliphatic heterocycles. The molecule has 2 unspecified atom stereocenters. The van der Waals surface area contributed by atoms with Crippen molar-refractivity contribution < 1.29 is 4.39 Å². The van der Waals surface area contributed by atoms with Gasteiger partial charge in [-0.25, -0.2) is 4.39 Å². The molecule has 0 aromatic rings. The van der Waals surface area contributed by atoms with Gasteiger partial charge in [0.1, 0.15) is 6.17 Å². The normalized spacial score (nSPS) is 29.3. The maximum Gasteiger partial charge on any atom is 0.102 e. The first-order chi connectivity index (χ1) is 4.06. The first-order valence-corrected chi connectivity index (χ1v) is 3.49. The molecule has 2 atom stereocenters. The third-order valence-corrected chi connectivity index (χ3v) is 2.42. The molecule has 1 saturated carbocycles. The van der Waals surface area contributed by atoms with Crippen molar-refractivity contribution in [1.82, 2.24) is 0 Å². The summed E-state index contributed by atoms with van der Waals surface area (Å²) in [5.74, 6) is 0.0394. The molecule has 9 heavy (non-hydrogen) atoms. The highest BCUT2D eigenvalue weighted by molar-refractivity contribution is 5.03. The number of hydrogen-bond acceptors (Lipinski definition) is 1. The van der Waals surface area contributed by atoms with Crippen LogP contribution in [0.4, 0.5) is 4.39 Å². The number of nitrogens with two attached hydrogens (primary N) is 1. The van der Waals surface area contributed by atoms with E-state index in [-0.39, 0.29) is 11.5 Å². The zero-order valence-electron chi connectivity index (χ0n) is 6.02. The van der Waals surface area contributed by atoms with Gasteiger partial charge in [0.2, 0.25) is 0 Å². The maximum absolute atomic E-state index is 12.6. The molecule has 2 heteroatoms. The molecule has 1 aliphatic rings. The fourth-order valence-electron chi connectivity index (χ4n) is 1.06. The summed E-state index contributed by atoms with van der Waals surface area (Å²) in [5, 5.41) is 0. The SMILES string of the molecule is CC(F)C(C)C1(N)CC1. The molecule has 2 N–H and O–H groups in total. The minimum atomic E-state index is -0.752. The molecule has 1 fully saturated rings. The summed E-state index contributed by atoms with van der Waals surface area (Å²) in [6.07, 6.45) is 1.25. The Morgan fingerprint density at radius 1 is 1.44 bits per heavy atom. The predicted octanol–water partition coefficient (Wildman–Crippen LogP) is 1.47. The van der Waals surface area contributed by atoms with E-state index >= 15 is 0 Å². The lowest BCUT2D eigenvalue weighted by Gasteiger charge is -2.19. The van der Waals surface area contributed by atoms with Crippen LogP contribution in [0.3, 0.4) is 0 Å². The van der Waals surface area contributed by atoms with Crippen LogP contribution < -0.4 is 5.73 Å². The van der Waals surface area contributed by atoms with Crippen LogP contribution in [0, 0.1) is 5.92 Å². The van der Waals surface area contributed by atoms with Crippen molar-refractivity contribution in [3.63, 3.8) is 0 Å². The Morgan fingerprint density at radius 3 is 2.00 bits per heavy atom. The third kappa shape index (κ3) is 1.23. The molecule has 0 radical (unpaired) electrons. The highest BCUT2D eigenvalue weighted by Gasteiger charge is 2.45. The lowest BCUT2D eigenvalue weighted by Crippen LogP contribution is -2.35. The number of hydrogen-bond donors (Lipinski definition) is 1. The van der Waals surface area contributed by atoms with Gasteiger partial charge in [0, 0.05) is 11.5 Å². The summed E-state index contributed by atoms with van der Waals surface area (Å²) in [6.45, 7) is 3.47. The van der Waals surface area contributed by atoms with E-state index in [1.54, 1.807) is 6.92 Å². The summed E-state index contributed by atoms with van der Waals surface area (Å²) in [4.78, 5) is 0. The first kappa shape index (κ1) is 7.00. The molecule has 0 spiro atoms.